The van der Waals surface area contributed by atoms with Crippen LogP contribution in [0.15, 0.2) is 48.9 Å². The molecule has 10 nitrogen and oxygen atoms in total. The van der Waals surface area contributed by atoms with Crippen molar-refractivity contribution in [3.63, 3.8) is 0 Å². The van der Waals surface area contributed by atoms with Crippen LogP contribution in [0.1, 0.15) is 57.6 Å². The lowest BCUT2D eigenvalue weighted by Crippen LogP contribution is -2.35. The molecular formula is C29H36N6O4. The standard InChI is InChI=1S/C29H36N6O4/c1-3-4-5-14-39-28(38)34-23-9-7-19-15-18(6-8-21(19)33-23)10-12-29(2)16-22(24(36)25(29)37)35-13-11-20-26(30)31-17-32-27(20)35/h6-9,11,13,15,17,22,24-25,36-37H,3-5,10,12,14,16H2,1-2H3,(H2,30,31,32)(H,33,34,38)/t22-,24+,25+,29+/m1/s1. The van der Waals surface area contributed by atoms with E-state index >= 15 is 0 Å². The van der Waals surface area contributed by atoms with E-state index in [4.69, 9.17) is 10.5 Å². The minimum absolute atomic E-state index is 0.318. The van der Waals surface area contributed by atoms with Crippen LogP contribution in [0.2, 0.25) is 0 Å². The molecule has 1 aliphatic rings. The second-order valence-corrected chi connectivity index (χ2v) is 10.8. The fourth-order valence-electron chi connectivity index (χ4n) is 5.60. The van der Waals surface area contributed by atoms with E-state index in [0.29, 0.717) is 36.7 Å². The van der Waals surface area contributed by atoms with Gasteiger partial charge in [-0.1, -0.05) is 32.8 Å². The van der Waals surface area contributed by atoms with Gasteiger partial charge in [-0.3, -0.25) is 5.32 Å². The number of nitrogens with one attached hydrogen (secondary N) is 1. The molecule has 1 aliphatic carbocycles. The van der Waals surface area contributed by atoms with Gasteiger partial charge >= 0.3 is 6.09 Å². The van der Waals surface area contributed by atoms with Gasteiger partial charge in [0.1, 0.15) is 29.7 Å². The van der Waals surface area contributed by atoms with Crippen molar-refractivity contribution in [2.45, 2.75) is 70.6 Å². The summed E-state index contributed by atoms with van der Waals surface area (Å²) in [6.07, 6.45) is 5.94. The molecule has 1 saturated carbocycles. The maximum Gasteiger partial charge on any atom is 0.412 e. The first kappa shape index (κ1) is 26.8. The Kier molecular flexibility index (Phi) is 7.67. The number of hydrogen-bond donors (Lipinski definition) is 4. The Morgan fingerprint density at radius 3 is 2.87 bits per heavy atom. The Balaban J connectivity index is 1.24. The molecular weight excluding hydrogens is 496 g/mol. The molecule has 5 rings (SSSR count). The molecule has 0 radical (unpaired) electrons. The number of amides is 1. The minimum atomic E-state index is -0.924. The van der Waals surface area contributed by atoms with Crippen molar-refractivity contribution in [2.24, 2.45) is 5.41 Å². The Bertz CT molecular complexity index is 1470. The van der Waals surface area contributed by atoms with Crippen molar-refractivity contribution in [1.82, 2.24) is 19.5 Å². The average Bonchev–Trinajstić information content (AvgIpc) is 3.46. The number of anilines is 2. The Morgan fingerprint density at radius 1 is 1.21 bits per heavy atom. The molecule has 3 heterocycles. The smallest absolute Gasteiger partial charge is 0.412 e. The highest BCUT2D eigenvalue weighted by Gasteiger charge is 2.50. The molecule has 0 saturated heterocycles. The van der Waals surface area contributed by atoms with Gasteiger partial charge in [-0.05, 0) is 67.0 Å². The summed E-state index contributed by atoms with van der Waals surface area (Å²) in [5.74, 6) is 0.840. The van der Waals surface area contributed by atoms with E-state index < -0.39 is 23.7 Å². The molecule has 1 fully saturated rings. The maximum absolute atomic E-state index is 12.0. The number of rotatable bonds is 9. The van der Waals surface area contributed by atoms with E-state index in [1.54, 1.807) is 6.07 Å². The van der Waals surface area contributed by atoms with E-state index in [1.807, 2.05) is 42.0 Å². The monoisotopic (exact) mass is 532 g/mol. The first-order valence-electron chi connectivity index (χ1n) is 13.6. The van der Waals surface area contributed by atoms with Crippen LogP contribution < -0.4 is 11.1 Å². The van der Waals surface area contributed by atoms with E-state index in [9.17, 15) is 15.0 Å². The number of aryl methyl sites for hydroxylation is 1. The largest absolute Gasteiger partial charge is 0.449 e. The van der Waals surface area contributed by atoms with Crippen molar-refractivity contribution in [1.29, 1.82) is 0 Å². The topological polar surface area (TPSA) is 148 Å². The zero-order valence-corrected chi connectivity index (χ0v) is 22.4. The molecule has 0 spiro atoms. The van der Waals surface area contributed by atoms with Gasteiger partial charge in [-0.2, -0.15) is 0 Å². The summed E-state index contributed by atoms with van der Waals surface area (Å²) < 4.78 is 7.10. The number of aliphatic hydroxyl groups excluding tert-OH is 2. The summed E-state index contributed by atoms with van der Waals surface area (Å²) in [6, 6.07) is 11.2. The summed E-state index contributed by atoms with van der Waals surface area (Å²) >= 11 is 0. The second-order valence-electron chi connectivity index (χ2n) is 10.8. The lowest BCUT2D eigenvalue weighted by Gasteiger charge is -2.28. The molecule has 0 aliphatic heterocycles. The number of unbranched alkanes of at least 4 members (excludes halogenated alkanes) is 2. The van der Waals surface area contributed by atoms with Gasteiger partial charge in [0.25, 0.3) is 0 Å². The third-order valence-corrected chi connectivity index (χ3v) is 7.95. The quantitative estimate of drug-likeness (QED) is 0.229. The number of benzene rings is 1. The van der Waals surface area contributed by atoms with Crippen LogP contribution in [0.3, 0.4) is 0 Å². The molecule has 10 heteroatoms. The molecule has 206 valence electrons. The van der Waals surface area contributed by atoms with Gasteiger partial charge in [-0.15, -0.1) is 0 Å². The predicted octanol–water partition coefficient (Wildman–Crippen LogP) is 4.61. The van der Waals surface area contributed by atoms with Crippen molar-refractivity contribution < 1.29 is 19.7 Å². The number of aromatic nitrogens is 4. The number of pyridine rings is 1. The SMILES string of the molecule is CCCCCOC(=O)Nc1ccc2cc(CC[C@@]3(C)C[C@@H](n4ccc5c(N)ncnc54)[C@H](O)[C@@H]3O)ccc2n1. The van der Waals surface area contributed by atoms with E-state index in [2.05, 4.69) is 33.3 Å². The van der Waals surface area contributed by atoms with Crippen LogP contribution in [0.5, 0.6) is 0 Å². The van der Waals surface area contributed by atoms with Gasteiger partial charge in [0.2, 0.25) is 0 Å². The summed E-state index contributed by atoms with van der Waals surface area (Å²) in [5.41, 5.74) is 8.03. The van der Waals surface area contributed by atoms with Crippen molar-refractivity contribution in [3.8, 4) is 0 Å². The maximum atomic E-state index is 12.0. The first-order chi connectivity index (χ1) is 18.8. The van der Waals surface area contributed by atoms with Crippen molar-refractivity contribution in [2.75, 3.05) is 17.7 Å². The van der Waals surface area contributed by atoms with Gasteiger partial charge in [-0.25, -0.2) is 19.7 Å². The summed E-state index contributed by atoms with van der Waals surface area (Å²) in [6.45, 7) is 4.52. The third kappa shape index (κ3) is 5.53. The summed E-state index contributed by atoms with van der Waals surface area (Å²) in [4.78, 5) is 24.9. The van der Waals surface area contributed by atoms with Crippen LogP contribution in [-0.4, -0.2) is 54.6 Å². The molecule has 4 atom stereocenters. The van der Waals surface area contributed by atoms with E-state index in [0.717, 1.165) is 47.5 Å². The molecule has 5 N–H and O–H groups in total. The van der Waals surface area contributed by atoms with Crippen molar-refractivity contribution >= 4 is 39.7 Å². The molecule has 1 amide bonds. The second kappa shape index (κ2) is 11.2. The molecule has 39 heavy (non-hydrogen) atoms. The fourth-order valence-corrected chi connectivity index (χ4v) is 5.60. The molecule has 4 aromatic rings. The summed E-state index contributed by atoms with van der Waals surface area (Å²) in [7, 11) is 0. The van der Waals surface area contributed by atoms with E-state index in [1.165, 1.54) is 6.33 Å². The number of fused-ring (bicyclic) bond motifs is 2. The number of nitrogens with zero attached hydrogens (tertiary/aromatic N) is 4. The van der Waals surface area contributed by atoms with E-state index in [-0.39, 0.29) is 6.04 Å². The molecule has 1 aromatic carbocycles. The Morgan fingerprint density at radius 2 is 2.05 bits per heavy atom. The zero-order valence-electron chi connectivity index (χ0n) is 22.4. The number of hydrogen-bond acceptors (Lipinski definition) is 8. The highest BCUT2D eigenvalue weighted by molar-refractivity contribution is 5.87. The Labute approximate surface area is 227 Å². The van der Waals surface area contributed by atoms with Crippen LogP contribution in [0, 0.1) is 5.41 Å². The number of ether oxygens (including phenoxy) is 1. The first-order valence-corrected chi connectivity index (χ1v) is 13.6. The van der Waals surface area contributed by atoms with Crippen LogP contribution in [0.4, 0.5) is 16.4 Å². The molecule has 3 aromatic heterocycles. The normalized spacial score (nSPS) is 22.9. The predicted molar refractivity (Wildman–Crippen MR) is 150 cm³/mol. The number of nitrogen functional groups attached to an aromatic ring is 1. The Hall–Kier alpha value is -3.76. The van der Waals surface area contributed by atoms with Crippen LogP contribution >= 0.6 is 0 Å². The van der Waals surface area contributed by atoms with Gasteiger partial charge in [0, 0.05) is 11.6 Å². The number of carbonyl (C=O) groups is 1. The van der Waals surface area contributed by atoms with Gasteiger partial charge in [0.05, 0.1) is 29.7 Å². The van der Waals surface area contributed by atoms with Gasteiger partial charge < -0.3 is 25.3 Å². The fraction of sp³-hybridized carbons (Fsp3) is 0.448. The van der Waals surface area contributed by atoms with Gasteiger partial charge in [0.15, 0.2) is 0 Å². The molecule has 0 bridgehead atoms. The lowest BCUT2D eigenvalue weighted by atomic mass is 9.80. The lowest BCUT2D eigenvalue weighted by molar-refractivity contribution is -0.0241. The zero-order chi connectivity index (χ0) is 27.6. The van der Waals surface area contributed by atoms with Crippen molar-refractivity contribution in [3.05, 3.63) is 54.5 Å². The van der Waals surface area contributed by atoms with Crippen LogP contribution in [0.25, 0.3) is 21.9 Å². The summed E-state index contributed by atoms with van der Waals surface area (Å²) in [5, 5.41) is 26.5. The number of aliphatic hydroxyl groups is 2. The van der Waals surface area contributed by atoms with Crippen LogP contribution in [-0.2, 0) is 11.2 Å². The third-order valence-electron chi connectivity index (χ3n) is 7.95. The number of carbonyl (C=O) groups excluding carboxylic acids is 1. The number of nitrogens with two attached hydrogens (primary N) is 1. The highest BCUT2D eigenvalue weighted by Crippen LogP contribution is 2.48. The molecule has 0 unspecified atom stereocenters. The minimum Gasteiger partial charge on any atom is -0.449 e. The average molecular weight is 533 g/mol. The highest BCUT2D eigenvalue weighted by atomic mass is 16.5.